The summed E-state index contributed by atoms with van der Waals surface area (Å²) in [6, 6.07) is 8.42. The van der Waals surface area contributed by atoms with Gasteiger partial charge in [0, 0.05) is 6.04 Å². The van der Waals surface area contributed by atoms with Crippen LogP contribution in [-0.4, -0.2) is 50.8 Å². The lowest BCUT2D eigenvalue weighted by Gasteiger charge is -2.45. The molecular formula is C15H19N5O. The van der Waals surface area contributed by atoms with Gasteiger partial charge < -0.3 is 4.74 Å². The van der Waals surface area contributed by atoms with Gasteiger partial charge in [-0.05, 0) is 67.7 Å². The van der Waals surface area contributed by atoms with Crippen molar-refractivity contribution in [1.82, 2.24) is 25.1 Å². The van der Waals surface area contributed by atoms with Crippen LogP contribution >= 0.6 is 0 Å². The number of tetrazole rings is 1. The summed E-state index contributed by atoms with van der Waals surface area (Å²) in [5, 5.41) is 11.6. The number of aromatic nitrogens is 4. The Morgan fingerprint density at radius 3 is 2.57 bits per heavy atom. The summed E-state index contributed by atoms with van der Waals surface area (Å²) in [7, 11) is 0. The van der Waals surface area contributed by atoms with E-state index in [1.165, 1.54) is 43.5 Å². The number of hydrogen-bond acceptors (Lipinski definition) is 5. The lowest BCUT2D eigenvalue weighted by Crippen LogP contribution is -2.51. The van der Waals surface area contributed by atoms with Gasteiger partial charge in [0.2, 0.25) is 0 Å². The van der Waals surface area contributed by atoms with Crippen molar-refractivity contribution in [3.8, 4) is 11.4 Å². The van der Waals surface area contributed by atoms with E-state index in [-0.39, 0.29) is 0 Å². The van der Waals surface area contributed by atoms with E-state index in [9.17, 15) is 0 Å². The Bertz CT molecular complexity index is 575. The first-order valence-electron chi connectivity index (χ1n) is 7.59. The van der Waals surface area contributed by atoms with Crippen LogP contribution in [0, 0.1) is 5.92 Å². The van der Waals surface area contributed by atoms with Gasteiger partial charge >= 0.3 is 0 Å². The van der Waals surface area contributed by atoms with E-state index in [1.807, 2.05) is 24.3 Å². The van der Waals surface area contributed by atoms with Gasteiger partial charge in [-0.15, -0.1) is 15.0 Å². The van der Waals surface area contributed by atoms with Gasteiger partial charge in [-0.25, -0.2) is 0 Å². The minimum absolute atomic E-state index is 0.592. The van der Waals surface area contributed by atoms with Crippen LogP contribution in [0.25, 0.3) is 5.69 Å². The highest BCUT2D eigenvalue weighted by atomic mass is 16.5. The number of fused-ring (bicyclic) bond motifs is 3. The Kier molecular flexibility index (Phi) is 3.31. The van der Waals surface area contributed by atoms with Crippen molar-refractivity contribution >= 4 is 0 Å². The van der Waals surface area contributed by atoms with Gasteiger partial charge in [-0.3, -0.25) is 4.90 Å². The highest BCUT2D eigenvalue weighted by Gasteiger charge is 2.33. The third kappa shape index (κ3) is 2.63. The van der Waals surface area contributed by atoms with Gasteiger partial charge in [-0.2, -0.15) is 0 Å². The average Bonchev–Trinajstić information content (AvgIpc) is 3.09. The van der Waals surface area contributed by atoms with E-state index in [4.69, 9.17) is 4.74 Å². The lowest BCUT2D eigenvalue weighted by atomic mass is 9.83. The molecule has 0 N–H and O–H groups in total. The second-order valence-corrected chi connectivity index (χ2v) is 5.90. The Morgan fingerprint density at radius 2 is 1.95 bits per heavy atom. The molecule has 110 valence electrons. The summed E-state index contributed by atoms with van der Waals surface area (Å²) in [6.07, 6.45) is 5.46. The van der Waals surface area contributed by atoms with E-state index in [1.54, 1.807) is 0 Å². The number of nitrogens with zero attached hydrogens (tertiary/aromatic N) is 5. The smallest absolute Gasteiger partial charge is 0.162 e. The van der Waals surface area contributed by atoms with Crippen LogP contribution in [0.2, 0.25) is 0 Å². The summed E-state index contributed by atoms with van der Waals surface area (Å²) < 4.78 is 5.96. The van der Waals surface area contributed by atoms with Gasteiger partial charge in [0.05, 0.1) is 5.69 Å². The van der Waals surface area contributed by atoms with Crippen molar-refractivity contribution in [1.29, 1.82) is 0 Å². The average molecular weight is 285 g/mol. The zero-order chi connectivity index (χ0) is 14.1. The maximum Gasteiger partial charge on any atom is 0.162 e. The highest BCUT2D eigenvalue weighted by molar-refractivity contribution is 5.35. The quantitative estimate of drug-likeness (QED) is 0.852. The Labute approximate surface area is 123 Å². The van der Waals surface area contributed by atoms with Gasteiger partial charge in [0.25, 0.3) is 0 Å². The van der Waals surface area contributed by atoms with Crippen LogP contribution in [-0.2, 0) is 0 Å². The van der Waals surface area contributed by atoms with Crippen LogP contribution in [0.15, 0.2) is 30.6 Å². The van der Waals surface area contributed by atoms with E-state index < -0.39 is 0 Å². The van der Waals surface area contributed by atoms with Crippen LogP contribution in [0.3, 0.4) is 0 Å². The molecule has 1 unspecified atom stereocenters. The fourth-order valence-corrected chi connectivity index (χ4v) is 3.41. The van der Waals surface area contributed by atoms with Crippen molar-refractivity contribution in [2.75, 3.05) is 19.7 Å². The zero-order valence-corrected chi connectivity index (χ0v) is 11.9. The molecule has 0 radical (unpaired) electrons. The van der Waals surface area contributed by atoms with Crippen molar-refractivity contribution in [3.05, 3.63) is 30.6 Å². The SMILES string of the molecule is c1nnn(-c2ccc(OCC3CC4CCN3CC4)cc2)n1. The van der Waals surface area contributed by atoms with Crippen molar-refractivity contribution < 1.29 is 4.74 Å². The van der Waals surface area contributed by atoms with Crippen LogP contribution in [0.4, 0.5) is 0 Å². The molecule has 3 fully saturated rings. The first-order valence-corrected chi connectivity index (χ1v) is 7.59. The van der Waals surface area contributed by atoms with Gasteiger partial charge in [0.15, 0.2) is 6.33 Å². The van der Waals surface area contributed by atoms with Gasteiger partial charge in [0.1, 0.15) is 12.4 Å². The molecular weight excluding hydrogens is 266 g/mol. The number of piperidine rings is 3. The predicted molar refractivity (Wildman–Crippen MR) is 77.4 cm³/mol. The number of rotatable bonds is 4. The summed E-state index contributed by atoms with van der Waals surface area (Å²) in [4.78, 5) is 4.07. The molecule has 3 saturated heterocycles. The molecule has 6 heteroatoms. The lowest BCUT2D eigenvalue weighted by molar-refractivity contribution is 0.0238. The first kappa shape index (κ1) is 12.8. The maximum atomic E-state index is 5.96. The second-order valence-electron chi connectivity index (χ2n) is 5.90. The molecule has 1 atom stereocenters. The Balaban J connectivity index is 1.37. The molecule has 2 aromatic rings. The van der Waals surface area contributed by atoms with Crippen LogP contribution in [0.5, 0.6) is 5.75 Å². The Hall–Kier alpha value is -1.95. The van der Waals surface area contributed by atoms with Crippen molar-refractivity contribution in [3.63, 3.8) is 0 Å². The van der Waals surface area contributed by atoms with E-state index in [0.717, 1.165) is 24.0 Å². The topological polar surface area (TPSA) is 56.1 Å². The van der Waals surface area contributed by atoms with Crippen LogP contribution < -0.4 is 4.74 Å². The molecule has 0 aliphatic carbocycles. The molecule has 0 saturated carbocycles. The molecule has 5 rings (SSSR count). The fourth-order valence-electron chi connectivity index (χ4n) is 3.41. The third-order valence-corrected chi connectivity index (χ3v) is 4.63. The van der Waals surface area contributed by atoms with E-state index >= 15 is 0 Å². The number of hydrogen-bond donors (Lipinski definition) is 0. The molecule has 3 aliphatic heterocycles. The molecule has 6 nitrogen and oxygen atoms in total. The molecule has 2 bridgehead atoms. The van der Waals surface area contributed by atoms with E-state index in [2.05, 4.69) is 20.3 Å². The molecule has 21 heavy (non-hydrogen) atoms. The minimum Gasteiger partial charge on any atom is -0.492 e. The monoisotopic (exact) mass is 285 g/mol. The Morgan fingerprint density at radius 1 is 1.14 bits per heavy atom. The van der Waals surface area contributed by atoms with Gasteiger partial charge in [-0.1, -0.05) is 0 Å². The summed E-state index contributed by atoms with van der Waals surface area (Å²) >= 11 is 0. The normalized spacial score (nSPS) is 27.7. The van der Waals surface area contributed by atoms with Crippen LogP contribution in [0.1, 0.15) is 19.3 Å². The fraction of sp³-hybridized carbons (Fsp3) is 0.533. The van der Waals surface area contributed by atoms with E-state index in [0.29, 0.717) is 6.04 Å². The highest BCUT2D eigenvalue weighted by Crippen LogP contribution is 2.32. The third-order valence-electron chi connectivity index (χ3n) is 4.63. The molecule has 1 aromatic heterocycles. The van der Waals surface area contributed by atoms with Crippen molar-refractivity contribution in [2.45, 2.75) is 25.3 Å². The summed E-state index contributed by atoms with van der Waals surface area (Å²) in [5.41, 5.74) is 0.889. The summed E-state index contributed by atoms with van der Waals surface area (Å²) in [6.45, 7) is 3.28. The second kappa shape index (κ2) is 5.44. The molecule has 0 spiro atoms. The number of benzene rings is 1. The molecule has 0 amide bonds. The maximum absolute atomic E-state index is 5.96. The van der Waals surface area contributed by atoms with Crippen molar-refractivity contribution in [2.24, 2.45) is 5.92 Å². The summed E-state index contributed by atoms with van der Waals surface area (Å²) in [5.74, 6) is 1.82. The zero-order valence-electron chi connectivity index (χ0n) is 11.9. The molecule has 1 aromatic carbocycles. The molecule has 4 heterocycles. The number of ether oxygens (including phenoxy) is 1. The first-order chi connectivity index (χ1) is 10.4. The predicted octanol–water partition coefficient (Wildman–Crippen LogP) is 1.53. The largest absolute Gasteiger partial charge is 0.492 e. The minimum atomic E-state index is 0.592. The molecule has 3 aliphatic rings. The standard InChI is InChI=1S/C15H19N5O/c1-3-15(4-2-13(1)20-17-11-16-18-20)21-10-14-9-12-5-7-19(14)8-6-12/h1-4,11-12,14H,5-10H2.